The summed E-state index contributed by atoms with van der Waals surface area (Å²) < 4.78 is 1.03. The Bertz CT molecular complexity index is 522. The highest BCUT2D eigenvalue weighted by Crippen LogP contribution is 2.24. The lowest BCUT2D eigenvalue weighted by atomic mass is 10.2. The first-order valence-electron chi connectivity index (χ1n) is 5.07. The molecule has 0 aliphatic heterocycles. The Kier molecular flexibility index (Phi) is 3.91. The summed E-state index contributed by atoms with van der Waals surface area (Å²) in [6.45, 7) is 0. The third kappa shape index (κ3) is 3.38. The molecule has 2 aromatic rings. The fraction of sp³-hybridized carbons (Fsp3) is 0.167. The van der Waals surface area contributed by atoms with Crippen LogP contribution >= 0.6 is 27.3 Å². The Morgan fingerprint density at radius 3 is 2.71 bits per heavy atom. The van der Waals surface area contributed by atoms with Crippen LogP contribution in [0.5, 0.6) is 0 Å². The van der Waals surface area contributed by atoms with Crippen molar-refractivity contribution in [1.29, 1.82) is 0 Å². The number of thiazole rings is 1. The number of carboxylic acids is 1. The molecule has 1 N–H and O–H groups in total. The van der Waals surface area contributed by atoms with Gasteiger partial charge in [-0.1, -0.05) is 28.1 Å². The molecule has 1 aromatic carbocycles. The van der Waals surface area contributed by atoms with Gasteiger partial charge in [-0.15, -0.1) is 11.3 Å². The van der Waals surface area contributed by atoms with Crippen molar-refractivity contribution >= 4 is 33.2 Å². The van der Waals surface area contributed by atoms with E-state index in [4.69, 9.17) is 5.11 Å². The van der Waals surface area contributed by atoms with Crippen LogP contribution in [0.25, 0.3) is 11.3 Å². The number of hydrogen-bond donors (Lipinski definition) is 1. The van der Waals surface area contributed by atoms with E-state index in [-0.39, 0.29) is 6.42 Å². The predicted octanol–water partition coefficient (Wildman–Crippen LogP) is 3.59. The Labute approximate surface area is 111 Å². The van der Waals surface area contributed by atoms with E-state index < -0.39 is 5.97 Å². The molecule has 2 rings (SSSR count). The largest absolute Gasteiger partial charge is 0.481 e. The van der Waals surface area contributed by atoms with Gasteiger partial charge in [-0.3, -0.25) is 4.79 Å². The molecule has 3 nitrogen and oxygen atoms in total. The molecule has 0 fully saturated rings. The third-order valence-electron chi connectivity index (χ3n) is 2.24. The average Bonchev–Trinajstić information content (AvgIpc) is 2.76. The van der Waals surface area contributed by atoms with E-state index in [1.54, 1.807) is 0 Å². The van der Waals surface area contributed by atoms with Crippen LogP contribution in [0.15, 0.2) is 34.1 Å². The third-order valence-corrected chi connectivity index (χ3v) is 3.68. The molecule has 0 aliphatic rings. The van der Waals surface area contributed by atoms with Gasteiger partial charge in [0.1, 0.15) is 0 Å². The van der Waals surface area contributed by atoms with Crippen LogP contribution in [0.3, 0.4) is 0 Å². The summed E-state index contributed by atoms with van der Waals surface area (Å²) in [5.41, 5.74) is 1.95. The van der Waals surface area contributed by atoms with Crippen molar-refractivity contribution in [3.05, 3.63) is 39.1 Å². The van der Waals surface area contributed by atoms with Crippen molar-refractivity contribution in [1.82, 2.24) is 4.98 Å². The van der Waals surface area contributed by atoms with E-state index in [9.17, 15) is 4.79 Å². The number of hydrogen-bond acceptors (Lipinski definition) is 3. The smallest absolute Gasteiger partial charge is 0.303 e. The van der Waals surface area contributed by atoms with Crippen LogP contribution in [0.2, 0.25) is 0 Å². The molecule has 0 unspecified atom stereocenters. The zero-order valence-electron chi connectivity index (χ0n) is 8.89. The van der Waals surface area contributed by atoms with E-state index in [1.165, 1.54) is 11.3 Å². The molecule has 0 spiro atoms. The summed E-state index contributed by atoms with van der Waals surface area (Å²) in [7, 11) is 0. The maximum Gasteiger partial charge on any atom is 0.303 e. The second-order valence-corrected chi connectivity index (χ2v) is 5.39. The quantitative estimate of drug-likeness (QED) is 0.938. The van der Waals surface area contributed by atoms with E-state index in [0.29, 0.717) is 6.42 Å². The van der Waals surface area contributed by atoms with Gasteiger partial charge < -0.3 is 5.11 Å². The second kappa shape index (κ2) is 5.42. The monoisotopic (exact) mass is 311 g/mol. The highest BCUT2D eigenvalue weighted by molar-refractivity contribution is 9.10. The molecule has 0 bridgehead atoms. The average molecular weight is 312 g/mol. The molecule has 0 saturated carbocycles. The van der Waals surface area contributed by atoms with Crippen molar-refractivity contribution in [2.75, 3.05) is 0 Å². The molecule has 5 heteroatoms. The number of aromatic nitrogens is 1. The highest BCUT2D eigenvalue weighted by atomic mass is 79.9. The summed E-state index contributed by atoms with van der Waals surface area (Å²) in [4.78, 5) is 14.9. The summed E-state index contributed by atoms with van der Waals surface area (Å²) in [6, 6.07) is 7.90. The second-order valence-electron chi connectivity index (χ2n) is 3.53. The molecule has 0 aliphatic carbocycles. The molecule has 17 heavy (non-hydrogen) atoms. The van der Waals surface area contributed by atoms with Crippen molar-refractivity contribution in [3.8, 4) is 11.3 Å². The van der Waals surface area contributed by atoms with E-state index in [1.807, 2.05) is 29.6 Å². The normalized spacial score (nSPS) is 10.4. The van der Waals surface area contributed by atoms with Gasteiger partial charge in [0.25, 0.3) is 0 Å². The number of aliphatic carboxylic acids is 1. The Morgan fingerprint density at radius 2 is 2.06 bits per heavy atom. The minimum atomic E-state index is -0.787. The minimum Gasteiger partial charge on any atom is -0.481 e. The van der Waals surface area contributed by atoms with Gasteiger partial charge in [0, 0.05) is 21.8 Å². The first-order chi connectivity index (χ1) is 8.15. The van der Waals surface area contributed by atoms with Gasteiger partial charge in [-0.05, 0) is 12.1 Å². The summed E-state index contributed by atoms with van der Waals surface area (Å²) in [6.07, 6.45) is 0.629. The molecule has 0 atom stereocenters. The van der Waals surface area contributed by atoms with Gasteiger partial charge in [0.05, 0.1) is 17.1 Å². The maximum atomic E-state index is 10.5. The Morgan fingerprint density at radius 1 is 1.35 bits per heavy atom. The molecule has 0 saturated heterocycles. The number of carbonyl (C=O) groups is 1. The number of benzene rings is 1. The standard InChI is InChI=1S/C12H10BrNO2S/c13-9-3-1-8(2-4-9)10-7-17-11(14-10)5-6-12(15)16/h1-4,7H,5-6H2,(H,15,16). The predicted molar refractivity (Wildman–Crippen MR) is 71.2 cm³/mol. The Balaban J connectivity index is 2.12. The zero-order valence-corrected chi connectivity index (χ0v) is 11.3. The van der Waals surface area contributed by atoms with Crippen molar-refractivity contribution < 1.29 is 9.90 Å². The van der Waals surface area contributed by atoms with E-state index in [0.717, 1.165) is 20.7 Å². The SMILES string of the molecule is O=C(O)CCc1nc(-c2ccc(Br)cc2)cs1. The van der Waals surface area contributed by atoms with Crippen LogP contribution < -0.4 is 0 Å². The van der Waals surface area contributed by atoms with Crippen LogP contribution in [0, 0.1) is 0 Å². The number of halogens is 1. The fourth-order valence-corrected chi connectivity index (χ4v) is 2.46. The van der Waals surface area contributed by atoms with Gasteiger partial charge in [0.15, 0.2) is 0 Å². The first-order valence-corrected chi connectivity index (χ1v) is 6.74. The van der Waals surface area contributed by atoms with E-state index in [2.05, 4.69) is 20.9 Å². The maximum absolute atomic E-state index is 10.5. The van der Waals surface area contributed by atoms with Crippen molar-refractivity contribution in [2.24, 2.45) is 0 Å². The number of carboxylic acid groups (broad SMARTS) is 1. The van der Waals surface area contributed by atoms with Gasteiger partial charge in [-0.2, -0.15) is 0 Å². The number of nitrogens with zero attached hydrogens (tertiary/aromatic N) is 1. The first kappa shape index (κ1) is 12.3. The van der Waals surface area contributed by atoms with Crippen LogP contribution in [-0.2, 0) is 11.2 Å². The fourth-order valence-electron chi connectivity index (χ4n) is 1.39. The van der Waals surface area contributed by atoms with Crippen LogP contribution in [0.1, 0.15) is 11.4 Å². The minimum absolute atomic E-state index is 0.132. The van der Waals surface area contributed by atoms with Gasteiger partial charge >= 0.3 is 5.97 Å². The Hall–Kier alpha value is -1.20. The van der Waals surface area contributed by atoms with Crippen molar-refractivity contribution in [2.45, 2.75) is 12.8 Å². The molecular weight excluding hydrogens is 302 g/mol. The van der Waals surface area contributed by atoms with Crippen LogP contribution in [-0.4, -0.2) is 16.1 Å². The van der Waals surface area contributed by atoms with Crippen molar-refractivity contribution in [3.63, 3.8) is 0 Å². The lowest BCUT2D eigenvalue weighted by Gasteiger charge is -1.96. The zero-order chi connectivity index (χ0) is 12.3. The molecule has 1 heterocycles. The van der Waals surface area contributed by atoms with Gasteiger partial charge in [-0.25, -0.2) is 4.98 Å². The number of aryl methyl sites for hydroxylation is 1. The lowest BCUT2D eigenvalue weighted by molar-refractivity contribution is -0.136. The molecule has 88 valence electrons. The topological polar surface area (TPSA) is 50.2 Å². The number of rotatable bonds is 4. The van der Waals surface area contributed by atoms with Crippen LogP contribution in [0.4, 0.5) is 0 Å². The molecule has 0 amide bonds. The van der Waals surface area contributed by atoms with Gasteiger partial charge in [0.2, 0.25) is 0 Å². The summed E-state index contributed by atoms with van der Waals surface area (Å²) in [5, 5.41) is 11.4. The van der Waals surface area contributed by atoms with E-state index >= 15 is 0 Å². The highest BCUT2D eigenvalue weighted by Gasteiger charge is 2.06. The summed E-state index contributed by atoms with van der Waals surface area (Å²) >= 11 is 4.89. The molecule has 1 aromatic heterocycles. The lowest BCUT2D eigenvalue weighted by Crippen LogP contribution is -1.96. The molecule has 0 radical (unpaired) electrons. The molecular formula is C12H10BrNO2S. The summed E-state index contributed by atoms with van der Waals surface area (Å²) in [5.74, 6) is -0.787.